The first-order valence-electron chi connectivity index (χ1n) is 6.88. The molecule has 1 aliphatic rings. The number of carbonyl (C=O) groups excluding carboxylic acids is 1. The molecular weight excluding hydrogens is 240 g/mol. The fraction of sp³-hybridized carbons (Fsp3) is 0.600. The van der Waals surface area contributed by atoms with Crippen LogP contribution in [0.5, 0.6) is 0 Å². The van der Waals surface area contributed by atoms with Gasteiger partial charge in [-0.15, -0.1) is 0 Å². The molecule has 0 unspecified atom stereocenters. The number of aliphatic hydroxyl groups is 1. The van der Waals surface area contributed by atoms with Crippen LogP contribution in [-0.2, 0) is 4.79 Å². The summed E-state index contributed by atoms with van der Waals surface area (Å²) in [6.07, 6.45) is 4.00. The van der Waals surface area contributed by atoms with Crippen LogP contribution in [0.25, 0.3) is 0 Å². The van der Waals surface area contributed by atoms with Gasteiger partial charge in [-0.1, -0.05) is 19.9 Å². The van der Waals surface area contributed by atoms with Gasteiger partial charge in [0.15, 0.2) is 0 Å². The number of hydrogen-bond donors (Lipinski definition) is 1. The topological polar surface area (TPSA) is 53.4 Å². The van der Waals surface area contributed by atoms with Crippen LogP contribution in [-0.4, -0.2) is 40.6 Å². The van der Waals surface area contributed by atoms with Gasteiger partial charge in [0.05, 0.1) is 6.10 Å². The van der Waals surface area contributed by atoms with Crippen LogP contribution in [0, 0.1) is 13.8 Å². The van der Waals surface area contributed by atoms with E-state index >= 15 is 0 Å². The first-order chi connectivity index (χ1) is 9.11. The first-order valence-corrected chi connectivity index (χ1v) is 6.88. The van der Waals surface area contributed by atoms with Gasteiger partial charge in [0.25, 0.3) is 0 Å². The molecule has 1 saturated heterocycles. The van der Waals surface area contributed by atoms with Crippen molar-refractivity contribution in [2.45, 2.75) is 46.6 Å². The molecule has 1 aliphatic heterocycles. The Hall–Kier alpha value is -1.42. The van der Waals surface area contributed by atoms with Crippen molar-refractivity contribution < 1.29 is 9.90 Å². The van der Waals surface area contributed by atoms with E-state index in [1.54, 1.807) is 4.90 Å². The largest absolute Gasteiger partial charge is 0.393 e. The summed E-state index contributed by atoms with van der Waals surface area (Å²) < 4.78 is 0. The third kappa shape index (κ3) is 8.32. The molecule has 1 N–H and O–H groups in total. The van der Waals surface area contributed by atoms with Gasteiger partial charge in [-0.25, -0.2) is 0 Å². The third-order valence-corrected chi connectivity index (χ3v) is 2.71. The Balaban J connectivity index is 0.000000303. The number of nitrogens with zero attached hydrogens (tertiary/aromatic N) is 2. The average molecular weight is 266 g/mol. The van der Waals surface area contributed by atoms with Crippen LogP contribution < -0.4 is 0 Å². The molecule has 0 aliphatic carbocycles. The standard InChI is InChI=1S/C7H9N.C6H11NO2.C2H6/c1-6-3-4-7(2)8-5-6;8-5-7-3-1-6(9)2-4-7;1-2/h3-5H,1-2H3;5-6,9H,1-4H2;1-2H3. The highest BCUT2D eigenvalue weighted by Crippen LogP contribution is 2.06. The van der Waals surface area contributed by atoms with E-state index in [-0.39, 0.29) is 6.10 Å². The number of piperidine rings is 1. The number of pyridine rings is 1. The van der Waals surface area contributed by atoms with E-state index in [9.17, 15) is 4.79 Å². The predicted octanol–water partition coefficient (Wildman–Crippen LogP) is 2.32. The lowest BCUT2D eigenvalue weighted by atomic mass is 10.1. The summed E-state index contributed by atoms with van der Waals surface area (Å²) >= 11 is 0. The van der Waals surface area contributed by atoms with E-state index in [0.29, 0.717) is 13.1 Å². The Morgan fingerprint density at radius 1 is 1.26 bits per heavy atom. The zero-order valence-electron chi connectivity index (χ0n) is 12.5. The molecule has 19 heavy (non-hydrogen) atoms. The fourth-order valence-corrected chi connectivity index (χ4v) is 1.53. The van der Waals surface area contributed by atoms with Crippen molar-refractivity contribution in [1.29, 1.82) is 0 Å². The molecule has 0 bridgehead atoms. The van der Waals surface area contributed by atoms with Crippen LogP contribution in [0.2, 0.25) is 0 Å². The van der Waals surface area contributed by atoms with Gasteiger partial charge in [0.1, 0.15) is 0 Å². The number of aryl methyl sites for hydroxylation is 2. The van der Waals surface area contributed by atoms with Crippen molar-refractivity contribution in [1.82, 2.24) is 9.88 Å². The second-order valence-electron chi connectivity index (χ2n) is 4.35. The summed E-state index contributed by atoms with van der Waals surface area (Å²) in [5, 5.41) is 8.98. The molecule has 4 heteroatoms. The third-order valence-electron chi connectivity index (χ3n) is 2.71. The molecule has 0 spiro atoms. The molecule has 108 valence electrons. The highest BCUT2D eigenvalue weighted by atomic mass is 16.3. The van der Waals surface area contributed by atoms with Crippen molar-refractivity contribution in [2.75, 3.05) is 13.1 Å². The van der Waals surface area contributed by atoms with Crippen molar-refractivity contribution in [3.05, 3.63) is 29.6 Å². The lowest BCUT2D eigenvalue weighted by Crippen LogP contribution is -2.34. The monoisotopic (exact) mass is 266 g/mol. The maximum Gasteiger partial charge on any atom is 0.209 e. The molecule has 0 radical (unpaired) electrons. The van der Waals surface area contributed by atoms with E-state index < -0.39 is 0 Å². The van der Waals surface area contributed by atoms with Crippen LogP contribution in [0.3, 0.4) is 0 Å². The molecule has 2 rings (SSSR count). The summed E-state index contributed by atoms with van der Waals surface area (Å²) in [4.78, 5) is 15.9. The number of hydrogen-bond acceptors (Lipinski definition) is 3. The zero-order chi connectivity index (χ0) is 14.7. The van der Waals surface area contributed by atoms with Crippen molar-refractivity contribution in [3.63, 3.8) is 0 Å². The van der Waals surface area contributed by atoms with Gasteiger partial charge in [-0.05, 0) is 38.3 Å². The summed E-state index contributed by atoms with van der Waals surface area (Å²) in [5.74, 6) is 0. The Morgan fingerprint density at radius 3 is 2.21 bits per heavy atom. The second-order valence-corrected chi connectivity index (χ2v) is 4.35. The SMILES string of the molecule is CC.Cc1ccc(C)nc1.O=CN1CCC(O)CC1. The van der Waals surface area contributed by atoms with Crippen LogP contribution >= 0.6 is 0 Å². The lowest BCUT2D eigenvalue weighted by molar-refractivity contribution is -0.119. The van der Waals surface area contributed by atoms with Gasteiger partial charge in [0, 0.05) is 25.0 Å². The van der Waals surface area contributed by atoms with Crippen molar-refractivity contribution in [2.24, 2.45) is 0 Å². The van der Waals surface area contributed by atoms with E-state index in [4.69, 9.17) is 5.11 Å². The number of amides is 1. The molecule has 0 saturated carbocycles. The van der Waals surface area contributed by atoms with Gasteiger partial charge < -0.3 is 10.0 Å². The number of carbonyl (C=O) groups is 1. The molecular formula is C15H26N2O2. The van der Waals surface area contributed by atoms with Crippen LogP contribution in [0.4, 0.5) is 0 Å². The smallest absolute Gasteiger partial charge is 0.209 e. The van der Waals surface area contributed by atoms with Gasteiger partial charge in [-0.2, -0.15) is 0 Å². The number of aliphatic hydroxyl groups excluding tert-OH is 1. The van der Waals surface area contributed by atoms with E-state index in [0.717, 1.165) is 24.9 Å². The minimum absolute atomic E-state index is 0.179. The summed E-state index contributed by atoms with van der Waals surface area (Å²) in [7, 11) is 0. The molecule has 0 aromatic carbocycles. The number of rotatable bonds is 1. The molecule has 1 aromatic rings. The molecule has 1 aromatic heterocycles. The first kappa shape index (κ1) is 17.6. The zero-order valence-corrected chi connectivity index (χ0v) is 12.5. The second kappa shape index (κ2) is 10.5. The van der Waals surface area contributed by atoms with Crippen LogP contribution in [0.1, 0.15) is 37.9 Å². The summed E-state index contributed by atoms with van der Waals surface area (Å²) in [6, 6.07) is 4.07. The van der Waals surface area contributed by atoms with Gasteiger partial charge >= 0.3 is 0 Å². The highest BCUT2D eigenvalue weighted by molar-refractivity contribution is 5.47. The van der Waals surface area contributed by atoms with E-state index in [2.05, 4.69) is 11.1 Å². The normalized spacial score (nSPS) is 14.7. The maximum absolute atomic E-state index is 10.1. The van der Waals surface area contributed by atoms with Gasteiger partial charge in [0.2, 0.25) is 6.41 Å². The van der Waals surface area contributed by atoms with Gasteiger partial charge in [-0.3, -0.25) is 9.78 Å². The van der Waals surface area contributed by atoms with E-state index in [1.165, 1.54) is 5.56 Å². The minimum Gasteiger partial charge on any atom is -0.393 e. The van der Waals surface area contributed by atoms with E-state index in [1.807, 2.05) is 40.0 Å². The Morgan fingerprint density at radius 2 is 1.84 bits per heavy atom. The Bertz CT molecular complexity index is 310. The Kier molecular flexibility index (Phi) is 9.71. The highest BCUT2D eigenvalue weighted by Gasteiger charge is 2.14. The summed E-state index contributed by atoms with van der Waals surface area (Å²) in [6.45, 7) is 9.45. The molecule has 1 fully saturated rings. The molecule has 0 atom stereocenters. The molecule has 4 nitrogen and oxygen atoms in total. The number of aromatic nitrogens is 1. The van der Waals surface area contributed by atoms with Crippen molar-refractivity contribution >= 4 is 6.41 Å². The quantitative estimate of drug-likeness (QED) is 0.794. The Labute approximate surface area is 116 Å². The molecule has 1 amide bonds. The maximum atomic E-state index is 10.1. The average Bonchev–Trinajstić information content (AvgIpc) is 2.46. The molecule has 2 heterocycles. The summed E-state index contributed by atoms with van der Waals surface area (Å²) in [5.41, 5.74) is 2.30. The lowest BCUT2D eigenvalue weighted by Gasteiger charge is -2.25. The number of likely N-dealkylation sites (tertiary alicyclic amines) is 1. The fourth-order valence-electron chi connectivity index (χ4n) is 1.53. The van der Waals surface area contributed by atoms with Crippen molar-refractivity contribution in [3.8, 4) is 0 Å². The predicted molar refractivity (Wildman–Crippen MR) is 77.9 cm³/mol. The van der Waals surface area contributed by atoms with Crippen LogP contribution in [0.15, 0.2) is 18.3 Å². The minimum atomic E-state index is -0.179.